The van der Waals surface area contributed by atoms with E-state index in [1.165, 1.54) is 0 Å². The van der Waals surface area contributed by atoms with Crippen molar-refractivity contribution in [2.45, 2.75) is 26.1 Å². The van der Waals surface area contributed by atoms with Gasteiger partial charge in [-0.1, -0.05) is 30.3 Å². The summed E-state index contributed by atoms with van der Waals surface area (Å²) in [5, 5.41) is 12.9. The Hall–Kier alpha value is -2.14. The van der Waals surface area contributed by atoms with E-state index < -0.39 is 6.10 Å². The van der Waals surface area contributed by atoms with Gasteiger partial charge in [0.05, 0.1) is 12.6 Å². The molecule has 2 N–H and O–H groups in total. The van der Waals surface area contributed by atoms with Crippen molar-refractivity contribution in [1.29, 1.82) is 0 Å². The number of aromatic nitrogens is 1. The fraction of sp³-hybridized carbons (Fsp3) is 0.211. The quantitative estimate of drug-likeness (QED) is 0.706. The van der Waals surface area contributed by atoms with Crippen LogP contribution in [-0.4, -0.2) is 10.1 Å². The number of halogens is 1. The monoisotopic (exact) mass is 344 g/mol. The van der Waals surface area contributed by atoms with Gasteiger partial charge in [0.2, 0.25) is 0 Å². The van der Waals surface area contributed by atoms with Gasteiger partial charge in [0, 0.05) is 24.5 Å². The maximum absolute atomic E-state index is 9.54. The Labute approximate surface area is 148 Å². The van der Waals surface area contributed by atoms with Crippen molar-refractivity contribution in [3.05, 3.63) is 77.8 Å². The fourth-order valence-corrected chi connectivity index (χ4v) is 2.39. The summed E-state index contributed by atoms with van der Waals surface area (Å²) in [6.07, 6.45) is 3.17. The largest absolute Gasteiger partial charge is 0.460 e. The predicted octanol–water partition coefficient (Wildman–Crippen LogP) is 4.11. The molecule has 0 spiro atoms. The van der Waals surface area contributed by atoms with E-state index in [0.29, 0.717) is 6.54 Å². The lowest BCUT2D eigenvalue weighted by atomic mass is 10.1. The lowest BCUT2D eigenvalue weighted by molar-refractivity contribution is 0.199. The van der Waals surface area contributed by atoms with Crippen molar-refractivity contribution < 1.29 is 9.52 Å². The zero-order valence-corrected chi connectivity index (χ0v) is 14.3. The smallest absolute Gasteiger partial charge is 0.134 e. The molecule has 0 aliphatic heterocycles. The van der Waals surface area contributed by atoms with Crippen LogP contribution in [0.2, 0.25) is 0 Å². The maximum atomic E-state index is 9.54. The lowest BCUT2D eigenvalue weighted by Gasteiger charge is -2.05. The van der Waals surface area contributed by atoms with Crippen molar-refractivity contribution in [3.8, 4) is 11.3 Å². The second-order valence-electron chi connectivity index (χ2n) is 5.53. The minimum Gasteiger partial charge on any atom is -0.460 e. The number of hydrogen-bond acceptors (Lipinski definition) is 4. The van der Waals surface area contributed by atoms with Gasteiger partial charge < -0.3 is 14.8 Å². The van der Waals surface area contributed by atoms with Crippen LogP contribution in [0, 0.1) is 0 Å². The van der Waals surface area contributed by atoms with Crippen LogP contribution in [0.25, 0.3) is 11.3 Å². The first-order valence-corrected chi connectivity index (χ1v) is 7.69. The van der Waals surface area contributed by atoms with Crippen LogP contribution >= 0.6 is 12.4 Å². The molecule has 126 valence electrons. The number of benzene rings is 1. The first-order chi connectivity index (χ1) is 11.2. The van der Waals surface area contributed by atoms with E-state index in [9.17, 15) is 5.11 Å². The molecule has 0 aliphatic rings. The van der Waals surface area contributed by atoms with Crippen molar-refractivity contribution in [2.75, 3.05) is 0 Å². The van der Waals surface area contributed by atoms with Gasteiger partial charge in [0.1, 0.15) is 11.5 Å². The van der Waals surface area contributed by atoms with E-state index >= 15 is 0 Å². The number of aliphatic hydroxyl groups excluding tert-OH is 1. The molecule has 1 atom stereocenters. The molecule has 2 aromatic heterocycles. The Bertz CT molecular complexity index is 740. The summed E-state index contributed by atoms with van der Waals surface area (Å²) in [4.78, 5) is 4.09. The van der Waals surface area contributed by atoms with Gasteiger partial charge in [-0.05, 0) is 36.2 Å². The van der Waals surface area contributed by atoms with Gasteiger partial charge in [-0.15, -0.1) is 12.4 Å². The zero-order valence-electron chi connectivity index (χ0n) is 13.5. The van der Waals surface area contributed by atoms with Gasteiger partial charge >= 0.3 is 0 Å². The van der Waals surface area contributed by atoms with E-state index in [-0.39, 0.29) is 12.4 Å². The molecule has 2 heterocycles. The highest BCUT2D eigenvalue weighted by atomic mass is 35.5. The fourth-order valence-electron chi connectivity index (χ4n) is 2.39. The Kier molecular flexibility index (Phi) is 6.55. The molecule has 0 fully saturated rings. The SMILES string of the molecule is CC(O)c1ccc(-c2ccc(CNCc3cccnc3)o2)cc1.Cl. The first-order valence-electron chi connectivity index (χ1n) is 7.69. The van der Waals surface area contributed by atoms with Crippen LogP contribution < -0.4 is 5.32 Å². The Morgan fingerprint density at radius 1 is 1.08 bits per heavy atom. The molecule has 3 aromatic rings. The Balaban J connectivity index is 0.00000208. The Morgan fingerprint density at radius 3 is 2.54 bits per heavy atom. The number of hydrogen-bond donors (Lipinski definition) is 2. The molecule has 0 saturated carbocycles. The first kappa shape index (κ1) is 18.2. The second kappa shape index (κ2) is 8.64. The molecule has 3 rings (SSSR count). The Morgan fingerprint density at radius 2 is 1.88 bits per heavy atom. The van der Waals surface area contributed by atoms with Crippen LogP contribution in [0.4, 0.5) is 0 Å². The predicted molar refractivity (Wildman–Crippen MR) is 96.8 cm³/mol. The molecular weight excluding hydrogens is 324 g/mol. The third kappa shape index (κ3) is 4.68. The molecule has 0 amide bonds. The number of rotatable bonds is 6. The van der Waals surface area contributed by atoms with Gasteiger partial charge in [-0.3, -0.25) is 4.98 Å². The highest BCUT2D eigenvalue weighted by molar-refractivity contribution is 5.85. The van der Waals surface area contributed by atoms with E-state index in [4.69, 9.17) is 4.42 Å². The third-order valence-electron chi connectivity index (χ3n) is 3.69. The molecule has 0 bridgehead atoms. The number of aliphatic hydroxyl groups is 1. The van der Waals surface area contributed by atoms with E-state index in [1.807, 2.05) is 54.7 Å². The maximum Gasteiger partial charge on any atom is 0.134 e. The summed E-state index contributed by atoms with van der Waals surface area (Å²) in [6.45, 7) is 3.18. The topological polar surface area (TPSA) is 58.3 Å². The van der Waals surface area contributed by atoms with Gasteiger partial charge in [-0.25, -0.2) is 0 Å². The molecule has 1 unspecified atom stereocenters. The molecule has 0 saturated heterocycles. The average Bonchev–Trinajstić information content (AvgIpc) is 3.05. The van der Waals surface area contributed by atoms with Crippen molar-refractivity contribution in [3.63, 3.8) is 0 Å². The minimum absolute atomic E-state index is 0. The zero-order chi connectivity index (χ0) is 16.1. The number of pyridine rings is 1. The summed E-state index contributed by atoms with van der Waals surface area (Å²) in [7, 11) is 0. The second-order valence-corrected chi connectivity index (χ2v) is 5.53. The summed E-state index contributed by atoms with van der Waals surface area (Å²) < 4.78 is 5.87. The van der Waals surface area contributed by atoms with Crippen molar-refractivity contribution in [1.82, 2.24) is 10.3 Å². The van der Waals surface area contributed by atoms with Crippen LogP contribution in [0.15, 0.2) is 65.3 Å². The highest BCUT2D eigenvalue weighted by Gasteiger charge is 2.06. The molecule has 5 heteroatoms. The molecule has 0 radical (unpaired) electrons. The van der Waals surface area contributed by atoms with E-state index in [1.54, 1.807) is 13.1 Å². The highest BCUT2D eigenvalue weighted by Crippen LogP contribution is 2.24. The number of nitrogens with zero attached hydrogens (tertiary/aromatic N) is 1. The van der Waals surface area contributed by atoms with E-state index in [2.05, 4.69) is 10.3 Å². The van der Waals surface area contributed by atoms with E-state index in [0.717, 1.165) is 34.8 Å². The summed E-state index contributed by atoms with van der Waals surface area (Å²) in [5.74, 6) is 1.73. The number of furan rings is 1. The van der Waals surface area contributed by atoms with Gasteiger partial charge in [0.15, 0.2) is 0 Å². The van der Waals surface area contributed by atoms with Crippen LogP contribution in [0.5, 0.6) is 0 Å². The summed E-state index contributed by atoms with van der Waals surface area (Å²) in [5.41, 5.74) is 3.06. The van der Waals surface area contributed by atoms with Crippen molar-refractivity contribution in [2.24, 2.45) is 0 Å². The molecular formula is C19H21ClN2O2. The van der Waals surface area contributed by atoms with Crippen LogP contribution in [0.3, 0.4) is 0 Å². The molecule has 4 nitrogen and oxygen atoms in total. The van der Waals surface area contributed by atoms with Crippen LogP contribution in [0.1, 0.15) is 29.9 Å². The normalized spacial score (nSPS) is 11.8. The van der Waals surface area contributed by atoms with Gasteiger partial charge in [-0.2, -0.15) is 0 Å². The molecule has 24 heavy (non-hydrogen) atoms. The third-order valence-corrected chi connectivity index (χ3v) is 3.69. The lowest BCUT2D eigenvalue weighted by Crippen LogP contribution is -2.12. The molecule has 0 aliphatic carbocycles. The van der Waals surface area contributed by atoms with Crippen LogP contribution in [-0.2, 0) is 13.1 Å². The van der Waals surface area contributed by atoms with Gasteiger partial charge in [0.25, 0.3) is 0 Å². The standard InChI is InChI=1S/C19H20N2O2.ClH/c1-14(22)16-4-6-17(7-5-16)19-9-8-18(23-19)13-21-12-15-3-2-10-20-11-15;/h2-11,14,21-22H,12-13H2,1H3;1H. The number of nitrogens with one attached hydrogen (secondary N) is 1. The minimum atomic E-state index is -0.451. The van der Waals surface area contributed by atoms with Crippen molar-refractivity contribution >= 4 is 12.4 Å². The summed E-state index contributed by atoms with van der Waals surface area (Å²) >= 11 is 0. The molecule has 1 aromatic carbocycles. The average molecular weight is 345 g/mol. The summed E-state index contributed by atoms with van der Waals surface area (Å²) in [6, 6.07) is 15.7.